The van der Waals surface area contributed by atoms with E-state index in [1.54, 1.807) is 37.5 Å². The Morgan fingerprint density at radius 1 is 1.11 bits per heavy atom. The average molecular weight is 519 g/mol. The van der Waals surface area contributed by atoms with Crippen LogP contribution >= 0.6 is 11.6 Å². The predicted octanol–water partition coefficient (Wildman–Crippen LogP) is 3.77. The van der Waals surface area contributed by atoms with Gasteiger partial charge in [0, 0.05) is 60.4 Å². The second-order valence-electron chi connectivity index (χ2n) is 10.1. The quantitative estimate of drug-likeness (QED) is 0.567. The molecule has 1 N–H and O–H groups in total. The Balaban J connectivity index is 1.35. The average Bonchev–Trinajstić information content (AvgIpc) is 3.51. The Morgan fingerprint density at radius 3 is 2.68 bits per heavy atom. The number of piperazine rings is 1. The lowest BCUT2D eigenvalue weighted by Gasteiger charge is -2.40. The summed E-state index contributed by atoms with van der Waals surface area (Å²) >= 11 is 6.38. The van der Waals surface area contributed by atoms with E-state index in [4.69, 9.17) is 16.3 Å². The van der Waals surface area contributed by atoms with Crippen LogP contribution in [0.1, 0.15) is 31.7 Å². The van der Waals surface area contributed by atoms with Crippen molar-refractivity contribution in [1.82, 2.24) is 14.8 Å². The molecule has 3 amide bonds. The van der Waals surface area contributed by atoms with Gasteiger partial charge in [-0.15, -0.1) is 0 Å². The van der Waals surface area contributed by atoms with Crippen LogP contribution in [0.25, 0.3) is 10.8 Å². The highest BCUT2D eigenvalue weighted by Gasteiger charge is 2.51. The van der Waals surface area contributed by atoms with Crippen molar-refractivity contribution >= 4 is 45.8 Å². The summed E-state index contributed by atoms with van der Waals surface area (Å²) in [5.74, 6) is 0.197. The highest BCUT2D eigenvalue weighted by Crippen LogP contribution is 2.45. The molecule has 6 rings (SSSR count). The van der Waals surface area contributed by atoms with Gasteiger partial charge in [-0.05, 0) is 24.6 Å². The van der Waals surface area contributed by atoms with Crippen molar-refractivity contribution in [2.45, 2.75) is 43.7 Å². The number of nitrogens with zero attached hydrogens (tertiary/aromatic N) is 3. The fourth-order valence-corrected chi connectivity index (χ4v) is 6.32. The van der Waals surface area contributed by atoms with Gasteiger partial charge in [0.2, 0.25) is 17.7 Å². The number of carbonyl (C=O) groups is 3. The van der Waals surface area contributed by atoms with Crippen LogP contribution in [0.3, 0.4) is 0 Å². The van der Waals surface area contributed by atoms with Gasteiger partial charge in [0.15, 0.2) is 0 Å². The molecule has 3 unspecified atom stereocenters. The van der Waals surface area contributed by atoms with Gasteiger partial charge in [-0.2, -0.15) is 0 Å². The monoisotopic (exact) mass is 518 g/mol. The van der Waals surface area contributed by atoms with Crippen LogP contribution in [0.15, 0.2) is 54.9 Å². The van der Waals surface area contributed by atoms with E-state index in [2.05, 4.69) is 10.3 Å². The fourth-order valence-electron chi connectivity index (χ4n) is 6.15. The molecule has 3 aliphatic heterocycles. The van der Waals surface area contributed by atoms with Gasteiger partial charge in [-0.25, -0.2) is 0 Å². The second kappa shape index (κ2) is 9.03. The van der Waals surface area contributed by atoms with Gasteiger partial charge < -0.3 is 19.9 Å². The largest absolute Gasteiger partial charge is 0.493 e. The molecule has 37 heavy (non-hydrogen) atoms. The third-order valence-electron chi connectivity index (χ3n) is 8.01. The number of halogens is 1. The number of hydrogen-bond donors (Lipinski definition) is 1. The van der Waals surface area contributed by atoms with Crippen molar-refractivity contribution in [3.8, 4) is 5.75 Å². The molecule has 9 heteroatoms. The predicted molar refractivity (Wildman–Crippen MR) is 140 cm³/mol. The first-order valence-corrected chi connectivity index (χ1v) is 12.9. The third kappa shape index (κ3) is 4.00. The lowest BCUT2D eigenvalue weighted by Crippen LogP contribution is -2.53. The molecule has 2 fully saturated rings. The number of amides is 3. The Kier molecular flexibility index (Phi) is 5.79. The van der Waals surface area contributed by atoms with Crippen LogP contribution in [-0.2, 0) is 19.8 Å². The smallest absolute Gasteiger partial charge is 0.235 e. The fraction of sp³-hybridized carbons (Fsp3) is 0.357. The number of fused-ring (bicyclic) bond motifs is 4. The van der Waals surface area contributed by atoms with Gasteiger partial charge >= 0.3 is 0 Å². The minimum absolute atomic E-state index is 0.0168. The molecular weight excluding hydrogens is 492 g/mol. The summed E-state index contributed by atoms with van der Waals surface area (Å²) in [4.78, 5) is 47.9. The highest BCUT2D eigenvalue weighted by molar-refractivity contribution is 6.30. The molecule has 3 aromatic rings. The van der Waals surface area contributed by atoms with Gasteiger partial charge in [-0.1, -0.05) is 35.9 Å². The first kappa shape index (κ1) is 23.7. The molecule has 2 saturated heterocycles. The van der Waals surface area contributed by atoms with Gasteiger partial charge in [-0.3, -0.25) is 19.4 Å². The van der Waals surface area contributed by atoms with Crippen LogP contribution < -0.4 is 10.1 Å². The molecule has 0 radical (unpaired) electrons. The Hall–Kier alpha value is -3.65. The first-order valence-electron chi connectivity index (χ1n) is 12.5. The molecule has 0 saturated carbocycles. The van der Waals surface area contributed by atoms with Crippen LogP contribution in [-0.4, -0.2) is 64.3 Å². The topological polar surface area (TPSA) is 91.8 Å². The lowest BCUT2D eigenvalue weighted by atomic mass is 9.72. The first-order chi connectivity index (χ1) is 17.9. The van der Waals surface area contributed by atoms with Crippen LogP contribution in [0.2, 0.25) is 5.02 Å². The molecule has 4 heterocycles. The van der Waals surface area contributed by atoms with Crippen molar-refractivity contribution in [3.63, 3.8) is 0 Å². The zero-order chi connectivity index (χ0) is 25.7. The molecule has 8 nitrogen and oxygen atoms in total. The number of nitrogens with one attached hydrogen (secondary N) is 1. The zero-order valence-electron chi connectivity index (χ0n) is 20.4. The summed E-state index contributed by atoms with van der Waals surface area (Å²) < 4.78 is 5.88. The SMILES string of the molecule is CC(=O)N1CC2CC1CN2C(=O)CC1(C(=O)Nc2cncc3ccccc23)CCOc2ccc(Cl)cc21. The Labute approximate surface area is 219 Å². The van der Waals surface area contributed by atoms with E-state index in [1.165, 1.54) is 0 Å². The van der Waals surface area contributed by atoms with E-state index in [0.29, 0.717) is 48.1 Å². The number of aromatic nitrogens is 1. The van der Waals surface area contributed by atoms with E-state index < -0.39 is 5.41 Å². The number of rotatable bonds is 4. The van der Waals surface area contributed by atoms with E-state index in [-0.39, 0.29) is 36.2 Å². The summed E-state index contributed by atoms with van der Waals surface area (Å²) in [6.07, 6.45) is 4.47. The molecule has 0 spiro atoms. The number of carbonyl (C=O) groups excluding carboxylic acids is 3. The normalized spacial score (nSPS) is 24.1. The standard InChI is InChI=1S/C28H27ClN4O4/c1-17(34)32-15-21-11-20(32)16-33(21)26(35)12-28(8-9-37-25-7-6-19(29)10-23(25)28)27(36)31-24-14-30-13-18-4-2-3-5-22(18)24/h2-7,10,13-14,20-21H,8-9,11-12,15-16H2,1H3,(H,31,36). The molecule has 3 atom stereocenters. The molecule has 2 bridgehead atoms. The maximum atomic E-state index is 14.2. The minimum atomic E-state index is -1.17. The minimum Gasteiger partial charge on any atom is -0.493 e. The Bertz CT molecular complexity index is 1420. The molecule has 2 aromatic carbocycles. The summed E-state index contributed by atoms with van der Waals surface area (Å²) in [7, 11) is 0. The number of ether oxygens (including phenoxy) is 1. The summed E-state index contributed by atoms with van der Waals surface area (Å²) in [6, 6.07) is 12.9. The number of likely N-dealkylation sites (tertiary alicyclic amines) is 2. The number of pyridine rings is 1. The van der Waals surface area contributed by atoms with Crippen LogP contribution in [0.4, 0.5) is 5.69 Å². The number of benzene rings is 2. The van der Waals surface area contributed by atoms with Crippen molar-refractivity contribution in [1.29, 1.82) is 0 Å². The van der Waals surface area contributed by atoms with Crippen LogP contribution in [0, 0.1) is 0 Å². The van der Waals surface area contributed by atoms with Crippen molar-refractivity contribution in [2.75, 3.05) is 25.0 Å². The van der Waals surface area contributed by atoms with Gasteiger partial charge in [0.05, 0.1) is 36.0 Å². The maximum absolute atomic E-state index is 14.2. The molecule has 3 aliphatic rings. The highest BCUT2D eigenvalue weighted by atomic mass is 35.5. The summed E-state index contributed by atoms with van der Waals surface area (Å²) in [5.41, 5.74) is 0.0246. The zero-order valence-corrected chi connectivity index (χ0v) is 21.2. The van der Waals surface area contributed by atoms with Crippen LogP contribution in [0.5, 0.6) is 5.75 Å². The molecule has 190 valence electrons. The van der Waals surface area contributed by atoms with Crippen molar-refractivity contribution in [3.05, 3.63) is 65.4 Å². The van der Waals surface area contributed by atoms with Crippen molar-refractivity contribution in [2.24, 2.45) is 0 Å². The van der Waals surface area contributed by atoms with E-state index in [9.17, 15) is 14.4 Å². The molecular formula is C28H27ClN4O4. The lowest BCUT2D eigenvalue weighted by molar-refractivity contribution is -0.141. The maximum Gasteiger partial charge on any atom is 0.235 e. The summed E-state index contributed by atoms with van der Waals surface area (Å²) in [6.45, 7) is 2.90. The van der Waals surface area contributed by atoms with Gasteiger partial charge in [0.25, 0.3) is 0 Å². The molecule has 0 aliphatic carbocycles. The van der Waals surface area contributed by atoms with Crippen molar-refractivity contribution < 1.29 is 19.1 Å². The number of anilines is 1. The molecule has 1 aromatic heterocycles. The van der Waals surface area contributed by atoms with E-state index >= 15 is 0 Å². The Morgan fingerprint density at radius 2 is 1.89 bits per heavy atom. The van der Waals surface area contributed by atoms with E-state index in [0.717, 1.165) is 17.2 Å². The van der Waals surface area contributed by atoms with Gasteiger partial charge in [0.1, 0.15) is 5.75 Å². The number of hydrogen-bond acceptors (Lipinski definition) is 5. The summed E-state index contributed by atoms with van der Waals surface area (Å²) in [5, 5.41) is 5.33. The third-order valence-corrected chi connectivity index (χ3v) is 8.25. The van der Waals surface area contributed by atoms with E-state index in [1.807, 2.05) is 34.1 Å². The second-order valence-corrected chi connectivity index (χ2v) is 10.6.